The van der Waals surface area contributed by atoms with Crippen LogP contribution in [-0.4, -0.2) is 18.2 Å². The number of hydrogen-bond donors (Lipinski definition) is 1. The molecule has 0 spiro atoms. The largest absolute Gasteiger partial charge is 0.381 e. The lowest BCUT2D eigenvalue weighted by Gasteiger charge is -2.17. The molecule has 1 aliphatic heterocycles. The van der Waals surface area contributed by atoms with Gasteiger partial charge in [-0.3, -0.25) is 0 Å². The van der Waals surface area contributed by atoms with Gasteiger partial charge in [0.05, 0.1) is 0 Å². The maximum absolute atomic E-state index is 5.53. The van der Waals surface area contributed by atoms with E-state index in [9.17, 15) is 0 Å². The molecule has 2 aromatic rings. The maximum Gasteiger partial charge on any atom is 0.169 e. The van der Waals surface area contributed by atoms with Gasteiger partial charge in [-0.15, -0.1) is 0 Å². The summed E-state index contributed by atoms with van der Waals surface area (Å²) < 4.78 is 5.13. The van der Waals surface area contributed by atoms with Gasteiger partial charge in [0.1, 0.15) is 0 Å². The number of rotatable bonds is 2. The Hall–Kier alpha value is -1.97. The number of benzene rings is 1. The molecule has 0 atom stereocenters. The molecule has 0 amide bonds. The molecule has 0 aliphatic carbocycles. The molecule has 4 heteroatoms. The normalized spacial score (nSPS) is 15.4. The highest BCUT2D eigenvalue weighted by molar-refractivity contribution is 5.63. The van der Waals surface area contributed by atoms with Gasteiger partial charge >= 0.3 is 0 Å². The lowest BCUT2D eigenvalue weighted by atomic mass is 10.1. The second kappa shape index (κ2) is 4.13. The van der Waals surface area contributed by atoms with Crippen LogP contribution in [0.1, 0.15) is 12.8 Å². The van der Waals surface area contributed by atoms with E-state index >= 15 is 0 Å². The third-order valence-electron chi connectivity index (χ3n) is 3.15. The maximum atomic E-state index is 5.53. The summed E-state index contributed by atoms with van der Waals surface area (Å²) in [6.07, 6.45) is 2.58. The lowest BCUT2D eigenvalue weighted by Crippen LogP contribution is -2.17. The Morgan fingerprint density at radius 2 is 1.82 bits per heavy atom. The predicted molar refractivity (Wildman–Crippen MR) is 67.8 cm³/mol. The van der Waals surface area contributed by atoms with Crippen molar-refractivity contribution in [2.45, 2.75) is 12.8 Å². The van der Waals surface area contributed by atoms with Crippen molar-refractivity contribution in [3.8, 4) is 11.3 Å². The summed E-state index contributed by atoms with van der Waals surface area (Å²) in [6.45, 7) is 2.32. The van der Waals surface area contributed by atoms with Crippen LogP contribution in [0.25, 0.3) is 11.3 Å². The number of nitrogens with two attached hydrogens (primary N) is 1. The van der Waals surface area contributed by atoms with Crippen molar-refractivity contribution in [1.29, 1.82) is 0 Å². The van der Waals surface area contributed by atoms with Gasteiger partial charge in [-0.1, -0.05) is 5.16 Å². The van der Waals surface area contributed by atoms with Gasteiger partial charge in [0.25, 0.3) is 0 Å². The summed E-state index contributed by atoms with van der Waals surface area (Å²) in [6, 6.07) is 10.1. The topological polar surface area (TPSA) is 55.3 Å². The summed E-state index contributed by atoms with van der Waals surface area (Å²) in [5.74, 6) is 1.14. The Kier molecular flexibility index (Phi) is 2.48. The van der Waals surface area contributed by atoms with Crippen LogP contribution in [0.4, 0.5) is 11.5 Å². The molecule has 0 saturated carbocycles. The molecule has 0 bridgehead atoms. The van der Waals surface area contributed by atoms with Crippen LogP contribution in [0.2, 0.25) is 0 Å². The van der Waals surface area contributed by atoms with Crippen LogP contribution in [-0.2, 0) is 0 Å². The Morgan fingerprint density at radius 1 is 1.12 bits per heavy atom. The Balaban J connectivity index is 1.84. The van der Waals surface area contributed by atoms with Crippen molar-refractivity contribution in [1.82, 2.24) is 5.16 Å². The minimum Gasteiger partial charge on any atom is -0.381 e. The van der Waals surface area contributed by atoms with Gasteiger partial charge in [0.2, 0.25) is 0 Å². The minimum atomic E-state index is 0.420. The third-order valence-corrected chi connectivity index (χ3v) is 3.15. The Bertz CT molecular complexity index is 498. The van der Waals surface area contributed by atoms with Gasteiger partial charge in [0, 0.05) is 30.4 Å². The fraction of sp³-hybridized carbons (Fsp3) is 0.308. The van der Waals surface area contributed by atoms with E-state index < -0.39 is 0 Å². The van der Waals surface area contributed by atoms with Crippen molar-refractivity contribution in [2.24, 2.45) is 0 Å². The van der Waals surface area contributed by atoms with Gasteiger partial charge in [-0.05, 0) is 37.1 Å². The molecule has 0 unspecified atom stereocenters. The van der Waals surface area contributed by atoms with Gasteiger partial charge in [0.15, 0.2) is 11.6 Å². The molecule has 2 heterocycles. The van der Waals surface area contributed by atoms with Crippen molar-refractivity contribution in [3.05, 3.63) is 30.3 Å². The van der Waals surface area contributed by atoms with E-state index in [1.807, 2.05) is 12.1 Å². The van der Waals surface area contributed by atoms with E-state index in [1.54, 1.807) is 6.07 Å². The summed E-state index contributed by atoms with van der Waals surface area (Å²) >= 11 is 0. The highest BCUT2D eigenvalue weighted by Gasteiger charge is 2.12. The number of anilines is 2. The van der Waals surface area contributed by atoms with E-state index in [2.05, 4.69) is 22.2 Å². The van der Waals surface area contributed by atoms with E-state index in [-0.39, 0.29) is 0 Å². The molecule has 1 fully saturated rings. The molecule has 2 N–H and O–H groups in total. The monoisotopic (exact) mass is 229 g/mol. The predicted octanol–water partition coefficient (Wildman–Crippen LogP) is 2.52. The second-order valence-corrected chi connectivity index (χ2v) is 4.36. The van der Waals surface area contributed by atoms with E-state index in [4.69, 9.17) is 10.3 Å². The van der Waals surface area contributed by atoms with Crippen LogP contribution < -0.4 is 10.6 Å². The zero-order valence-electron chi connectivity index (χ0n) is 9.60. The Labute approximate surface area is 100 Å². The van der Waals surface area contributed by atoms with Gasteiger partial charge < -0.3 is 15.2 Å². The van der Waals surface area contributed by atoms with E-state index in [0.717, 1.165) is 24.4 Å². The molecular formula is C13H15N3O. The van der Waals surface area contributed by atoms with Crippen LogP contribution in [0.5, 0.6) is 0 Å². The highest BCUT2D eigenvalue weighted by Crippen LogP contribution is 2.26. The van der Waals surface area contributed by atoms with Gasteiger partial charge in [-0.2, -0.15) is 0 Å². The molecule has 1 saturated heterocycles. The summed E-state index contributed by atoms with van der Waals surface area (Å²) in [5.41, 5.74) is 7.82. The molecular weight excluding hydrogens is 214 g/mol. The van der Waals surface area contributed by atoms with E-state index in [0.29, 0.717) is 5.82 Å². The first-order chi connectivity index (χ1) is 8.33. The van der Waals surface area contributed by atoms with E-state index in [1.165, 1.54) is 18.5 Å². The SMILES string of the molecule is Nc1cc(-c2ccc(N3CCCC3)cc2)on1. The standard InChI is InChI=1S/C13H15N3O/c14-13-9-12(17-15-13)10-3-5-11(6-4-10)16-7-1-2-8-16/h3-6,9H,1-2,7-8H2,(H2,14,15). The summed E-state index contributed by atoms with van der Waals surface area (Å²) in [4.78, 5) is 2.40. The first kappa shape index (κ1) is 10.2. The molecule has 0 radical (unpaired) electrons. The molecule has 4 nitrogen and oxygen atoms in total. The fourth-order valence-electron chi connectivity index (χ4n) is 2.24. The molecule has 1 aromatic heterocycles. The number of hydrogen-bond acceptors (Lipinski definition) is 4. The van der Waals surface area contributed by atoms with Crippen LogP contribution in [0.3, 0.4) is 0 Å². The molecule has 17 heavy (non-hydrogen) atoms. The highest BCUT2D eigenvalue weighted by atomic mass is 16.5. The average molecular weight is 229 g/mol. The fourth-order valence-corrected chi connectivity index (χ4v) is 2.24. The van der Waals surface area contributed by atoms with Crippen LogP contribution in [0, 0.1) is 0 Å². The zero-order chi connectivity index (χ0) is 11.7. The Morgan fingerprint density at radius 3 is 2.41 bits per heavy atom. The van der Waals surface area contributed by atoms with Crippen molar-refractivity contribution < 1.29 is 4.52 Å². The summed E-state index contributed by atoms with van der Waals surface area (Å²) in [7, 11) is 0. The smallest absolute Gasteiger partial charge is 0.169 e. The molecule has 1 aromatic carbocycles. The van der Waals surface area contributed by atoms with Crippen LogP contribution >= 0.6 is 0 Å². The number of nitrogens with zero attached hydrogens (tertiary/aromatic N) is 2. The molecule has 88 valence electrons. The first-order valence-corrected chi connectivity index (χ1v) is 5.90. The van der Waals surface area contributed by atoms with Crippen molar-refractivity contribution >= 4 is 11.5 Å². The number of aromatic nitrogens is 1. The zero-order valence-corrected chi connectivity index (χ0v) is 9.60. The number of nitrogen functional groups attached to an aromatic ring is 1. The summed E-state index contributed by atoms with van der Waals surface area (Å²) in [5, 5.41) is 3.69. The molecule has 1 aliphatic rings. The van der Waals surface area contributed by atoms with Crippen molar-refractivity contribution in [2.75, 3.05) is 23.7 Å². The minimum absolute atomic E-state index is 0.420. The lowest BCUT2D eigenvalue weighted by molar-refractivity contribution is 0.436. The van der Waals surface area contributed by atoms with Crippen LogP contribution in [0.15, 0.2) is 34.9 Å². The van der Waals surface area contributed by atoms with Gasteiger partial charge in [-0.25, -0.2) is 0 Å². The second-order valence-electron chi connectivity index (χ2n) is 4.36. The van der Waals surface area contributed by atoms with Crippen molar-refractivity contribution in [3.63, 3.8) is 0 Å². The third kappa shape index (κ3) is 1.98. The first-order valence-electron chi connectivity index (χ1n) is 5.90. The quantitative estimate of drug-likeness (QED) is 0.859. The molecule has 3 rings (SSSR count). The average Bonchev–Trinajstić information content (AvgIpc) is 3.00.